The molecule has 0 amide bonds. The second kappa shape index (κ2) is 10.7. The van der Waals surface area contributed by atoms with E-state index in [1.54, 1.807) is 6.21 Å². The molecule has 0 spiro atoms. The first kappa shape index (κ1) is 20.9. The zero-order chi connectivity index (χ0) is 19.6. The van der Waals surface area contributed by atoms with Crippen LogP contribution in [0, 0.1) is 13.8 Å². The molecule has 0 saturated carbocycles. The number of aryl methyl sites for hydroxylation is 2. The number of unbranched alkanes of at least 4 members (excludes halogenated alkanes) is 1. The molecule has 0 atom stereocenters. The number of thiocarbonyl (C=S) groups is 1. The van der Waals surface area contributed by atoms with Crippen LogP contribution in [0.5, 0.6) is 0 Å². The first-order valence-corrected chi connectivity index (χ1v) is 9.96. The van der Waals surface area contributed by atoms with Crippen molar-refractivity contribution in [1.29, 1.82) is 0 Å². The lowest BCUT2D eigenvalue weighted by molar-refractivity contribution is 0.732. The molecule has 0 fully saturated rings. The summed E-state index contributed by atoms with van der Waals surface area (Å²) in [6.45, 7) is 10.6. The van der Waals surface area contributed by atoms with E-state index in [4.69, 9.17) is 12.2 Å². The quantitative estimate of drug-likeness (QED) is 0.372. The van der Waals surface area contributed by atoms with E-state index in [0.29, 0.717) is 5.11 Å². The SMILES string of the molecule is CCCCN(CC)c1ccc(C=NNC(=S)Nc2cc(C)ccc2C)cc1. The third-order valence-electron chi connectivity index (χ3n) is 4.44. The summed E-state index contributed by atoms with van der Waals surface area (Å²) in [7, 11) is 0. The molecule has 2 N–H and O–H groups in total. The molecule has 0 aliphatic heterocycles. The highest BCUT2D eigenvalue weighted by molar-refractivity contribution is 7.80. The van der Waals surface area contributed by atoms with Gasteiger partial charge in [0.05, 0.1) is 6.21 Å². The molecule has 144 valence electrons. The Balaban J connectivity index is 1.90. The summed E-state index contributed by atoms with van der Waals surface area (Å²) in [6.07, 6.45) is 4.21. The molecule has 0 bridgehead atoms. The fraction of sp³-hybridized carbons (Fsp3) is 0.364. The van der Waals surface area contributed by atoms with Crippen molar-refractivity contribution in [2.45, 2.75) is 40.5 Å². The summed E-state index contributed by atoms with van der Waals surface area (Å²) < 4.78 is 0. The van der Waals surface area contributed by atoms with Gasteiger partial charge in [0.2, 0.25) is 0 Å². The fourth-order valence-corrected chi connectivity index (χ4v) is 2.94. The molecule has 0 unspecified atom stereocenters. The van der Waals surface area contributed by atoms with Gasteiger partial charge in [0.1, 0.15) is 0 Å². The highest BCUT2D eigenvalue weighted by Gasteiger charge is 2.03. The number of hydrogen-bond donors (Lipinski definition) is 2. The molecule has 0 aromatic heterocycles. The molecule has 4 nitrogen and oxygen atoms in total. The Kier molecular flexibility index (Phi) is 8.27. The van der Waals surface area contributed by atoms with Gasteiger partial charge < -0.3 is 10.2 Å². The van der Waals surface area contributed by atoms with Crippen molar-refractivity contribution in [3.8, 4) is 0 Å². The zero-order valence-corrected chi connectivity index (χ0v) is 17.6. The summed E-state index contributed by atoms with van der Waals surface area (Å²) in [4.78, 5) is 2.39. The first-order chi connectivity index (χ1) is 13.0. The van der Waals surface area contributed by atoms with Crippen LogP contribution < -0.4 is 15.6 Å². The smallest absolute Gasteiger partial charge is 0.191 e. The van der Waals surface area contributed by atoms with E-state index in [0.717, 1.165) is 29.9 Å². The van der Waals surface area contributed by atoms with E-state index in [-0.39, 0.29) is 0 Å². The number of hydrogen-bond acceptors (Lipinski definition) is 3. The summed E-state index contributed by atoms with van der Waals surface area (Å²) in [6, 6.07) is 14.7. The second-order valence-corrected chi connectivity index (χ2v) is 7.08. The lowest BCUT2D eigenvalue weighted by Crippen LogP contribution is -2.24. The second-order valence-electron chi connectivity index (χ2n) is 6.67. The van der Waals surface area contributed by atoms with Crippen molar-refractivity contribution in [2.24, 2.45) is 5.10 Å². The van der Waals surface area contributed by atoms with Gasteiger partial charge in [-0.05, 0) is 74.3 Å². The highest BCUT2D eigenvalue weighted by Crippen LogP contribution is 2.16. The van der Waals surface area contributed by atoms with E-state index >= 15 is 0 Å². The molecule has 0 saturated heterocycles. The van der Waals surface area contributed by atoms with Crippen LogP contribution in [-0.2, 0) is 0 Å². The molecule has 2 aromatic carbocycles. The first-order valence-electron chi connectivity index (χ1n) is 9.55. The Morgan fingerprint density at radius 3 is 2.52 bits per heavy atom. The summed E-state index contributed by atoms with van der Waals surface area (Å²) >= 11 is 5.32. The Labute approximate surface area is 168 Å². The Morgan fingerprint density at radius 2 is 1.85 bits per heavy atom. The van der Waals surface area contributed by atoms with Crippen LogP contribution in [-0.4, -0.2) is 24.4 Å². The number of nitrogens with one attached hydrogen (secondary N) is 2. The van der Waals surface area contributed by atoms with Crippen molar-refractivity contribution in [3.05, 3.63) is 59.2 Å². The Morgan fingerprint density at radius 1 is 1.11 bits per heavy atom. The summed E-state index contributed by atoms with van der Waals surface area (Å²) in [5.41, 5.74) is 8.50. The minimum atomic E-state index is 0.480. The molecule has 0 aliphatic carbocycles. The average molecular weight is 383 g/mol. The van der Waals surface area contributed by atoms with E-state index in [1.807, 2.05) is 0 Å². The lowest BCUT2D eigenvalue weighted by atomic mass is 10.1. The van der Waals surface area contributed by atoms with Crippen LogP contribution in [0.25, 0.3) is 0 Å². The monoisotopic (exact) mass is 382 g/mol. The number of nitrogens with zero attached hydrogens (tertiary/aromatic N) is 2. The summed E-state index contributed by atoms with van der Waals surface area (Å²) in [5.74, 6) is 0. The van der Waals surface area contributed by atoms with Gasteiger partial charge in [-0.25, -0.2) is 0 Å². The van der Waals surface area contributed by atoms with Crippen molar-refractivity contribution < 1.29 is 0 Å². The van der Waals surface area contributed by atoms with Gasteiger partial charge in [-0.15, -0.1) is 0 Å². The molecule has 0 aliphatic rings. The number of rotatable bonds is 8. The third kappa shape index (κ3) is 6.68. The number of hydrazone groups is 1. The maximum absolute atomic E-state index is 5.32. The molecule has 0 radical (unpaired) electrons. The molecule has 2 aromatic rings. The molecular weight excluding hydrogens is 352 g/mol. The van der Waals surface area contributed by atoms with Gasteiger partial charge in [0, 0.05) is 24.5 Å². The molecular formula is C22H30N4S. The van der Waals surface area contributed by atoms with Gasteiger partial charge in [0.25, 0.3) is 0 Å². The van der Waals surface area contributed by atoms with Crippen molar-refractivity contribution >= 4 is 34.9 Å². The van der Waals surface area contributed by atoms with Gasteiger partial charge >= 0.3 is 0 Å². The van der Waals surface area contributed by atoms with Crippen LogP contribution in [0.1, 0.15) is 43.4 Å². The third-order valence-corrected chi connectivity index (χ3v) is 4.64. The van der Waals surface area contributed by atoms with Crippen LogP contribution in [0.3, 0.4) is 0 Å². The van der Waals surface area contributed by atoms with E-state index < -0.39 is 0 Å². The van der Waals surface area contributed by atoms with E-state index in [1.165, 1.54) is 24.1 Å². The Bertz CT molecular complexity index is 768. The largest absolute Gasteiger partial charge is 0.372 e. The van der Waals surface area contributed by atoms with Gasteiger partial charge in [0.15, 0.2) is 5.11 Å². The number of benzene rings is 2. The molecule has 5 heteroatoms. The maximum atomic E-state index is 5.32. The van der Waals surface area contributed by atoms with Crippen LogP contribution in [0.4, 0.5) is 11.4 Å². The predicted molar refractivity (Wildman–Crippen MR) is 122 cm³/mol. The van der Waals surface area contributed by atoms with Crippen LogP contribution >= 0.6 is 12.2 Å². The van der Waals surface area contributed by atoms with Crippen molar-refractivity contribution in [3.63, 3.8) is 0 Å². The minimum absolute atomic E-state index is 0.480. The maximum Gasteiger partial charge on any atom is 0.191 e. The van der Waals surface area contributed by atoms with Crippen molar-refractivity contribution in [1.82, 2.24) is 5.43 Å². The van der Waals surface area contributed by atoms with Gasteiger partial charge in [-0.1, -0.05) is 37.6 Å². The predicted octanol–water partition coefficient (Wildman–Crippen LogP) is 5.25. The standard InChI is InChI=1S/C22H30N4S/c1-5-7-14-26(6-2)20-12-10-19(11-13-20)16-23-25-22(27)24-21-15-17(3)8-9-18(21)4/h8-13,15-16H,5-7,14H2,1-4H3,(H2,24,25,27). The highest BCUT2D eigenvalue weighted by atomic mass is 32.1. The fourth-order valence-electron chi connectivity index (χ4n) is 2.78. The van der Waals surface area contributed by atoms with Gasteiger partial charge in [-0.3, -0.25) is 5.43 Å². The average Bonchev–Trinajstić information content (AvgIpc) is 2.66. The van der Waals surface area contributed by atoms with Crippen molar-refractivity contribution in [2.75, 3.05) is 23.3 Å². The van der Waals surface area contributed by atoms with Crippen LogP contribution in [0.2, 0.25) is 0 Å². The molecule has 27 heavy (non-hydrogen) atoms. The zero-order valence-electron chi connectivity index (χ0n) is 16.7. The Hall–Kier alpha value is -2.40. The number of anilines is 2. The molecule has 2 rings (SSSR count). The van der Waals surface area contributed by atoms with E-state index in [9.17, 15) is 0 Å². The lowest BCUT2D eigenvalue weighted by Gasteiger charge is -2.22. The normalized spacial score (nSPS) is 10.8. The molecule has 0 heterocycles. The minimum Gasteiger partial charge on any atom is -0.372 e. The topological polar surface area (TPSA) is 39.7 Å². The summed E-state index contributed by atoms with van der Waals surface area (Å²) in [5, 5.41) is 7.91. The van der Waals surface area contributed by atoms with Crippen LogP contribution in [0.15, 0.2) is 47.6 Å². The van der Waals surface area contributed by atoms with E-state index in [2.05, 4.69) is 90.9 Å². The van der Waals surface area contributed by atoms with Gasteiger partial charge in [-0.2, -0.15) is 5.10 Å².